The maximum atomic E-state index is 12.6. The molecule has 0 spiro atoms. The molecule has 2 aliphatic rings. The van der Waals surface area contributed by atoms with Crippen LogP contribution in [0, 0.1) is 19.8 Å². The summed E-state index contributed by atoms with van der Waals surface area (Å²) in [4.78, 5) is 26.8. The molecular weight excluding hydrogens is 344 g/mol. The van der Waals surface area contributed by atoms with Crippen molar-refractivity contribution < 1.29 is 19.1 Å². The zero-order valence-corrected chi connectivity index (χ0v) is 15.5. The second-order valence-corrected chi connectivity index (χ2v) is 7.03. The van der Waals surface area contributed by atoms with Gasteiger partial charge in [-0.3, -0.25) is 9.59 Å². The number of nitrogens with zero attached hydrogens (tertiary/aromatic N) is 1. The van der Waals surface area contributed by atoms with Crippen LogP contribution in [0.2, 0.25) is 0 Å². The molecule has 2 heterocycles. The molecule has 6 heteroatoms. The Labute approximate surface area is 158 Å². The highest BCUT2D eigenvalue weighted by atomic mass is 16.7. The minimum atomic E-state index is -0.341. The van der Waals surface area contributed by atoms with Gasteiger partial charge in [0, 0.05) is 25.2 Å². The third-order valence-corrected chi connectivity index (χ3v) is 5.27. The Kier molecular flexibility index (Phi) is 4.48. The van der Waals surface area contributed by atoms with Crippen molar-refractivity contribution in [1.29, 1.82) is 0 Å². The van der Waals surface area contributed by atoms with E-state index >= 15 is 0 Å². The van der Waals surface area contributed by atoms with Gasteiger partial charge in [0.1, 0.15) is 0 Å². The summed E-state index contributed by atoms with van der Waals surface area (Å²) in [6.45, 7) is 5.06. The number of carbonyl (C=O) groups is 2. The quantitative estimate of drug-likeness (QED) is 0.903. The first-order chi connectivity index (χ1) is 13.0. The maximum Gasteiger partial charge on any atom is 0.231 e. The van der Waals surface area contributed by atoms with Gasteiger partial charge < -0.3 is 19.7 Å². The van der Waals surface area contributed by atoms with Gasteiger partial charge in [0.25, 0.3) is 0 Å². The zero-order chi connectivity index (χ0) is 19.0. The van der Waals surface area contributed by atoms with E-state index in [1.807, 2.05) is 50.2 Å². The first-order valence-corrected chi connectivity index (χ1v) is 9.06. The monoisotopic (exact) mass is 366 g/mol. The molecule has 0 radical (unpaired) electrons. The van der Waals surface area contributed by atoms with Gasteiger partial charge >= 0.3 is 0 Å². The molecule has 140 valence electrons. The molecule has 1 N–H and O–H groups in total. The fourth-order valence-electron chi connectivity index (χ4n) is 3.53. The molecule has 2 aromatic rings. The van der Waals surface area contributed by atoms with Gasteiger partial charge in [0.05, 0.1) is 5.92 Å². The molecule has 27 heavy (non-hydrogen) atoms. The highest BCUT2D eigenvalue weighted by Crippen LogP contribution is 2.33. The molecule has 0 aliphatic carbocycles. The van der Waals surface area contributed by atoms with Crippen molar-refractivity contribution in [3.63, 3.8) is 0 Å². The number of aryl methyl sites for hydroxylation is 1. The number of ether oxygens (including phenoxy) is 2. The highest BCUT2D eigenvalue weighted by Gasteiger charge is 2.35. The molecule has 0 saturated carbocycles. The Bertz CT molecular complexity index is 909. The van der Waals surface area contributed by atoms with E-state index in [0.717, 1.165) is 28.1 Å². The molecule has 0 bridgehead atoms. The number of nitrogens with one attached hydrogen (secondary N) is 1. The first-order valence-electron chi connectivity index (χ1n) is 9.06. The third kappa shape index (κ3) is 3.35. The molecule has 1 saturated heterocycles. The van der Waals surface area contributed by atoms with Gasteiger partial charge in [0.2, 0.25) is 18.6 Å². The van der Waals surface area contributed by atoms with E-state index in [-0.39, 0.29) is 30.9 Å². The summed E-state index contributed by atoms with van der Waals surface area (Å²) in [5.74, 6) is 0.960. The van der Waals surface area contributed by atoms with E-state index in [9.17, 15) is 9.59 Å². The van der Waals surface area contributed by atoms with Crippen LogP contribution in [-0.2, 0) is 16.1 Å². The number of fused-ring (bicyclic) bond motifs is 1. The van der Waals surface area contributed by atoms with Crippen LogP contribution in [0.4, 0.5) is 5.69 Å². The zero-order valence-electron chi connectivity index (χ0n) is 15.5. The van der Waals surface area contributed by atoms with Gasteiger partial charge in [0.15, 0.2) is 11.5 Å². The lowest BCUT2D eigenvalue weighted by Gasteiger charge is -2.20. The number of amides is 2. The normalized spacial score (nSPS) is 18.1. The lowest BCUT2D eigenvalue weighted by molar-refractivity contribution is -0.126. The number of benzene rings is 2. The van der Waals surface area contributed by atoms with Gasteiger partial charge in [-0.25, -0.2) is 0 Å². The fourth-order valence-corrected chi connectivity index (χ4v) is 3.53. The molecule has 6 nitrogen and oxygen atoms in total. The summed E-state index contributed by atoms with van der Waals surface area (Å²) in [6, 6.07) is 11.5. The Hall–Kier alpha value is -3.02. The van der Waals surface area contributed by atoms with E-state index in [1.54, 1.807) is 4.90 Å². The smallest absolute Gasteiger partial charge is 0.231 e. The van der Waals surface area contributed by atoms with Crippen LogP contribution in [0.1, 0.15) is 23.1 Å². The van der Waals surface area contributed by atoms with Gasteiger partial charge in [-0.1, -0.05) is 18.2 Å². The average Bonchev–Trinajstić information content (AvgIpc) is 3.28. The number of carbonyl (C=O) groups excluding carboxylic acids is 2. The van der Waals surface area contributed by atoms with Crippen molar-refractivity contribution in [2.45, 2.75) is 26.8 Å². The molecule has 2 aliphatic heterocycles. The Morgan fingerprint density at radius 3 is 2.85 bits per heavy atom. The van der Waals surface area contributed by atoms with Crippen LogP contribution >= 0.6 is 0 Å². The first kappa shape index (κ1) is 17.4. The van der Waals surface area contributed by atoms with E-state index < -0.39 is 0 Å². The van der Waals surface area contributed by atoms with E-state index in [4.69, 9.17) is 9.47 Å². The lowest BCUT2D eigenvalue weighted by Crippen LogP contribution is -2.32. The summed E-state index contributed by atoms with van der Waals surface area (Å²) >= 11 is 0. The summed E-state index contributed by atoms with van der Waals surface area (Å²) in [7, 11) is 0. The van der Waals surface area contributed by atoms with Crippen LogP contribution in [0.15, 0.2) is 36.4 Å². The molecular formula is C21H22N2O4. The molecule has 0 unspecified atom stereocenters. The number of hydrogen-bond acceptors (Lipinski definition) is 4. The Balaban J connectivity index is 1.40. The summed E-state index contributed by atoms with van der Waals surface area (Å²) in [5.41, 5.74) is 4.04. The van der Waals surface area contributed by atoms with Crippen molar-refractivity contribution in [2.24, 2.45) is 5.92 Å². The molecule has 1 fully saturated rings. The molecule has 1 atom stereocenters. The molecule has 4 rings (SSSR count). The topological polar surface area (TPSA) is 67.9 Å². The van der Waals surface area contributed by atoms with E-state index in [0.29, 0.717) is 18.8 Å². The van der Waals surface area contributed by atoms with Crippen molar-refractivity contribution >= 4 is 17.5 Å². The second kappa shape index (κ2) is 6.95. The van der Waals surface area contributed by atoms with Crippen LogP contribution in [-0.4, -0.2) is 25.2 Å². The van der Waals surface area contributed by atoms with Crippen LogP contribution in [0.5, 0.6) is 11.5 Å². The van der Waals surface area contributed by atoms with Crippen LogP contribution < -0.4 is 19.7 Å². The van der Waals surface area contributed by atoms with Crippen molar-refractivity contribution in [3.8, 4) is 11.5 Å². The molecule has 2 aromatic carbocycles. The summed E-state index contributed by atoms with van der Waals surface area (Å²) in [5, 5.41) is 2.94. The maximum absolute atomic E-state index is 12.6. The standard InChI is InChI=1S/C21H22N2O4/c1-13-4-3-5-17(14(13)2)23-11-16(9-20(23)24)21(25)22-10-15-6-7-18-19(8-15)27-12-26-18/h3-8,16H,9-12H2,1-2H3,(H,22,25)/t16-/m0/s1. The largest absolute Gasteiger partial charge is 0.454 e. The van der Waals surface area contributed by atoms with Gasteiger partial charge in [-0.15, -0.1) is 0 Å². The number of rotatable bonds is 4. The predicted octanol–water partition coefficient (Wildman–Crippen LogP) is 2.70. The lowest BCUT2D eigenvalue weighted by atomic mass is 10.1. The van der Waals surface area contributed by atoms with Crippen LogP contribution in [0.25, 0.3) is 0 Å². The third-order valence-electron chi connectivity index (χ3n) is 5.27. The highest BCUT2D eigenvalue weighted by molar-refractivity contribution is 6.00. The Morgan fingerprint density at radius 2 is 2.00 bits per heavy atom. The predicted molar refractivity (Wildman–Crippen MR) is 101 cm³/mol. The van der Waals surface area contributed by atoms with Crippen molar-refractivity contribution in [1.82, 2.24) is 5.32 Å². The second-order valence-electron chi connectivity index (χ2n) is 7.03. The Morgan fingerprint density at radius 1 is 1.19 bits per heavy atom. The van der Waals surface area contributed by atoms with E-state index in [1.165, 1.54) is 0 Å². The molecule has 0 aromatic heterocycles. The number of anilines is 1. The minimum Gasteiger partial charge on any atom is -0.454 e. The van der Waals surface area contributed by atoms with Gasteiger partial charge in [-0.2, -0.15) is 0 Å². The summed E-state index contributed by atoms with van der Waals surface area (Å²) < 4.78 is 10.6. The van der Waals surface area contributed by atoms with E-state index in [2.05, 4.69) is 5.32 Å². The van der Waals surface area contributed by atoms with Crippen molar-refractivity contribution in [2.75, 3.05) is 18.2 Å². The van der Waals surface area contributed by atoms with Crippen LogP contribution in [0.3, 0.4) is 0 Å². The van der Waals surface area contributed by atoms with Crippen molar-refractivity contribution in [3.05, 3.63) is 53.1 Å². The average molecular weight is 366 g/mol. The number of hydrogen-bond donors (Lipinski definition) is 1. The fraction of sp³-hybridized carbons (Fsp3) is 0.333. The SMILES string of the molecule is Cc1cccc(N2C[C@@H](C(=O)NCc3ccc4c(c3)OCO4)CC2=O)c1C. The molecule has 2 amide bonds. The summed E-state index contributed by atoms with van der Waals surface area (Å²) in [6.07, 6.45) is 0.236. The minimum absolute atomic E-state index is 0.00747. The van der Waals surface area contributed by atoms with Gasteiger partial charge in [-0.05, 0) is 48.7 Å².